The van der Waals surface area contributed by atoms with E-state index in [4.69, 9.17) is 9.47 Å². The van der Waals surface area contributed by atoms with E-state index in [2.05, 4.69) is 0 Å². The average molecular weight is 218 g/mol. The topological polar surface area (TPSA) is 93.1 Å². The van der Waals surface area contributed by atoms with E-state index >= 15 is 0 Å². The number of hydrogen-bond donors (Lipinski definition) is 2. The van der Waals surface area contributed by atoms with Crippen molar-refractivity contribution >= 4 is 12.4 Å². The summed E-state index contributed by atoms with van der Waals surface area (Å²) in [4.78, 5) is 21.5. The summed E-state index contributed by atoms with van der Waals surface area (Å²) in [5.74, 6) is 0. The SMILES string of the molecule is C[C@@H]1OC(=O)O[C@]1(C[C@@H](C)O)[C@@H](O)C=O. The molecule has 0 spiro atoms. The number of ether oxygens (including phenoxy) is 2. The second-order valence-electron chi connectivity index (χ2n) is 3.70. The zero-order chi connectivity index (χ0) is 11.6. The average Bonchev–Trinajstić information content (AvgIpc) is 2.40. The number of cyclic esters (lactones) is 2. The highest BCUT2D eigenvalue weighted by Crippen LogP contribution is 2.34. The van der Waals surface area contributed by atoms with Gasteiger partial charge in [0.1, 0.15) is 6.10 Å². The van der Waals surface area contributed by atoms with E-state index in [0.717, 1.165) is 0 Å². The van der Waals surface area contributed by atoms with Crippen molar-refractivity contribution in [2.24, 2.45) is 0 Å². The molecule has 86 valence electrons. The van der Waals surface area contributed by atoms with Gasteiger partial charge in [-0.05, 0) is 13.8 Å². The molecule has 1 saturated heterocycles. The number of carbonyl (C=O) groups is 2. The van der Waals surface area contributed by atoms with Crippen molar-refractivity contribution in [3.8, 4) is 0 Å². The van der Waals surface area contributed by atoms with Gasteiger partial charge in [0.05, 0.1) is 6.10 Å². The maximum Gasteiger partial charge on any atom is 0.509 e. The number of aliphatic hydroxyl groups excluding tert-OH is 2. The molecule has 1 heterocycles. The number of hydrogen-bond acceptors (Lipinski definition) is 6. The molecule has 1 fully saturated rings. The van der Waals surface area contributed by atoms with Crippen LogP contribution >= 0.6 is 0 Å². The van der Waals surface area contributed by atoms with Gasteiger partial charge in [-0.2, -0.15) is 0 Å². The summed E-state index contributed by atoms with van der Waals surface area (Å²) < 4.78 is 9.53. The fourth-order valence-electron chi connectivity index (χ4n) is 1.71. The molecule has 0 bridgehead atoms. The van der Waals surface area contributed by atoms with E-state index in [9.17, 15) is 19.8 Å². The first-order valence-electron chi connectivity index (χ1n) is 4.63. The van der Waals surface area contributed by atoms with Gasteiger partial charge < -0.3 is 24.5 Å². The van der Waals surface area contributed by atoms with Crippen LogP contribution in [-0.4, -0.2) is 46.6 Å². The van der Waals surface area contributed by atoms with Crippen molar-refractivity contribution in [2.45, 2.75) is 44.2 Å². The second-order valence-corrected chi connectivity index (χ2v) is 3.70. The number of aldehydes is 1. The smallest absolute Gasteiger partial charge is 0.427 e. The summed E-state index contributed by atoms with van der Waals surface area (Å²) in [6.07, 6.45) is -3.84. The molecule has 0 radical (unpaired) electrons. The summed E-state index contributed by atoms with van der Waals surface area (Å²) in [5.41, 5.74) is -1.48. The van der Waals surface area contributed by atoms with E-state index in [1.54, 1.807) is 0 Å². The van der Waals surface area contributed by atoms with Crippen molar-refractivity contribution in [1.29, 1.82) is 0 Å². The molecule has 2 N–H and O–H groups in total. The van der Waals surface area contributed by atoms with Crippen molar-refractivity contribution in [3.05, 3.63) is 0 Å². The molecule has 4 atom stereocenters. The Morgan fingerprint density at radius 3 is 2.53 bits per heavy atom. The molecule has 1 rings (SSSR count). The van der Waals surface area contributed by atoms with Gasteiger partial charge in [-0.15, -0.1) is 0 Å². The van der Waals surface area contributed by atoms with E-state index in [-0.39, 0.29) is 12.7 Å². The number of rotatable bonds is 4. The van der Waals surface area contributed by atoms with Crippen LogP contribution < -0.4 is 0 Å². The summed E-state index contributed by atoms with van der Waals surface area (Å²) in [6, 6.07) is 0. The third kappa shape index (κ3) is 2.10. The van der Waals surface area contributed by atoms with Crippen LogP contribution in [0.1, 0.15) is 20.3 Å². The Bertz CT molecular complexity index is 263. The first kappa shape index (κ1) is 11.9. The van der Waals surface area contributed by atoms with Gasteiger partial charge in [-0.25, -0.2) is 4.79 Å². The third-order valence-corrected chi connectivity index (χ3v) is 2.48. The Balaban J connectivity index is 2.95. The molecule has 6 heteroatoms. The second kappa shape index (κ2) is 4.16. The van der Waals surface area contributed by atoms with E-state index in [1.165, 1.54) is 13.8 Å². The zero-order valence-electron chi connectivity index (χ0n) is 8.54. The fourth-order valence-corrected chi connectivity index (χ4v) is 1.71. The highest BCUT2D eigenvalue weighted by molar-refractivity contribution is 5.67. The highest BCUT2D eigenvalue weighted by atomic mass is 16.8. The fraction of sp³-hybridized carbons (Fsp3) is 0.778. The predicted octanol–water partition coefficient (Wildman–Crippen LogP) is -0.389. The van der Waals surface area contributed by atoms with Crippen LogP contribution in [-0.2, 0) is 14.3 Å². The van der Waals surface area contributed by atoms with Crippen molar-refractivity contribution in [1.82, 2.24) is 0 Å². The quantitative estimate of drug-likeness (QED) is 0.493. The molecule has 0 unspecified atom stereocenters. The van der Waals surface area contributed by atoms with Gasteiger partial charge in [-0.3, -0.25) is 0 Å². The van der Waals surface area contributed by atoms with Gasteiger partial charge in [0, 0.05) is 6.42 Å². The zero-order valence-corrected chi connectivity index (χ0v) is 8.54. The highest BCUT2D eigenvalue weighted by Gasteiger charge is 2.54. The van der Waals surface area contributed by atoms with Gasteiger partial charge >= 0.3 is 6.16 Å². The van der Waals surface area contributed by atoms with Crippen LogP contribution in [0.2, 0.25) is 0 Å². The number of aliphatic hydroxyl groups is 2. The van der Waals surface area contributed by atoms with Crippen LogP contribution in [0.3, 0.4) is 0 Å². The van der Waals surface area contributed by atoms with Crippen LogP contribution in [0.5, 0.6) is 0 Å². The lowest BCUT2D eigenvalue weighted by Crippen LogP contribution is -2.52. The first-order valence-corrected chi connectivity index (χ1v) is 4.63. The molecular formula is C9H14O6. The monoisotopic (exact) mass is 218 g/mol. The lowest BCUT2D eigenvalue weighted by molar-refractivity contribution is -0.135. The van der Waals surface area contributed by atoms with Gasteiger partial charge in [0.15, 0.2) is 18.0 Å². The maximum absolute atomic E-state index is 10.9. The molecule has 0 aromatic rings. The number of carbonyl (C=O) groups excluding carboxylic acids is 2. The van der Waals surface area contributed by atoms with Crippen molar-refractivity contribution in [3.63, 3.8) is 0 Å². The minimum atomic E-state index is -1.51. The maximum atomic E-state index is 10.9. The molecule has 1 aliphatic rings. The molecule has 6 nitrogen and oxygen atoms in total. The Morgan fingerprint density at radius 1 is 1.60 bits per heavy atom. The molecule has 0 aromatic carbocycles. The molecule has 0 aliphatic carbocycles. The van der Waals surface area contributed by atoms with Gasteiger partial charge in [0.25, 0.3) is 0 Å². The lowest BCUT2D eigenvalue weighted by Gasteiger charge is -2.31. The minimum Gasteiger partial charge on any atom is -0.427 e. The van der Waals surface area contributed by atoms with E-state index in [0.29, 0.717) is 0 Å². The Kier molecular flexibility index (Phi) is 3.31. The van der Waals surface area contributed by atoms with Crippen molar-refractivity contribution in [2.75, 3.05) is 0 Å². The van der Waals surface area contributed by atoms with Gasteiger partial charge in [0.2, 0.25) is 0 Å². The Morgan fingerprint density at radius 2 is 2.20 bits per heavy atom. The van der Waals surface area contributed by atoms with Crippen molar-refractivity contribution < 1.29 is 29.3 Å². The lowest BCUT2D eigenvalue weighted by atomic mass is 9.86. The normalized spacial score (nSPS) is 34.1. The van der Waals surface area contributed by atoms with Gasteiger partial charge in [-0.1, -0.05) is 0 Å². The molecule has 15 heavy (non-hydrogen) atoms. The molecule has 0 saturated carbocycles. The summed E-state index contributed by atoms with van der Waals surface area (Å²) >= 11 is 0. The third-order valence-electron chi connectivity index (χ3n) is 2.48. The first-order chi connectivity index (χ1) is 6.92. The van der Waals surface area contributed by atoms with Crippen LogP contribution in [0, 0.1) is 0 Å². The minimum absolute atomic E-state index is 0.0557. The van der Waals surface area contributed by atoms with E-state index in [1.807, 2.05) is 0 Å². The molecule has 0 amide bonds. The largest absolute Gasteiger partial charge is 0.509 e. The van der Waals surface area contributed by atoms with E-state index < -0.39 is 30.1 Å². The molecule has 0 aromatic heterocycles. The van der Waals surface area contributed by atoms with Crippen LogP contribution in [0.15, 0.2) is 0 Å². The standard InChI is InChI=1S/C9H14O6/c1-5(11)3-9(7(12)4-10)6(2)14-8(13)15-9/h4-7,11-12H,3H2,1-2H3/t5-,6+,7+,9+/m1/s1. The van der Waals surface area contributed by atoms with Crippen LogP contribution in [0.25, 0.3) is 0 Å². The Hall–Kier alpha value is -1.14. The summed E-state index contributed by atoms with van der Waals surface area (Å²) in [7, 11) is 0. The predicted molar refractivity (Wildman–Crippen MR) is 48.1 cm³/mol. The molecular weight excluding hydrogens is 204 g/mol. The summed E-state index contributed by atoms with van der Waals surface area (Å²) in [6.45, 7) is 2.97. The summed E-state index contributed by atoms with van der Waals surface area (Å²) in [5, 5.41) is 18.8. The van der Waals surface area contributed by atoms with Crippen LogP contribution in [0.4, 0.5) is 4.79 Å². The molecule has 1 aliphatic heterocycles. The Labute approximate surface area is 86.8 Å².